The molecule has 24 heavy (non-hydrogen) atoms. The molecule has 2 heterocycles. The molecule has 2 aromatic heterocycles. The Bertz CT molecular complexity index is 897. The van der Waals surface area contributed by atoms with Crippen LogP contribution in [0.3, 0.4) is 0 Å². The summed E-state index contributed by atoms with van der Waals surface area (Å²) >= 11 is 0. The van der Waals surface area contributed by atoms with E-state index in [9.17, 15) is 9.59 Å². The van der Waals surface area contributed by atoms with E-state index < -0.39 is 5.91 Å². The molecule has 3 rings (SSSR count). The monoisotopic (exact) mass is 322 g/mol. The molecule has 0 bridgehead atoms. The third-order valence-corrected chi connectivity index (χ3v) is 3.84. The number of nitrogens with one attached hydrogen (secondary N) is 2. The number of hydrazine groups is 1. The summed E-state index contributed by atoms with van der Waals surface area (Å²) in [6, 6.07) is 12.9. The average Bonchev–Trinajstić information content (AvgIpc) is 3.05. The van der Waals surface area contributed by atoms with Gasteiger partial charge in [-0.25, -0.2) is 4.98 Å². The molecule has 2 N–H and O–H groups in total. The molecule has 0 spiro atoms. The van der Waals surface area contributed by atoms with Crippen LogP contribution in [0.5, 0.6) is 0 Å². The van der Waals surface area contributed by atoms with E-state index in [0.717, 1.165) is 17.7 Å². The zero-order valence-corrected chi connectivity index (χ0v) is 13.5. The van der Waals surface area contributed by atoms with Crippen molar-refractivity contribution in [1.29, 1.82) is 0 Å². The molecule has 0 fully saturated rings. The van der Waals surface area contributed by atoms with Crippen LogP contribution in [0.2, 0.25) is 0 Å². The maximum Gasteiger partial charge on any atom is 0.289 e. The van der Waals surface area contributed by atoms with Crippen LogP contribution in [0.1, 0.15) is 39.0 Å². The second-order valence-corrected chi connectivity index (χ2v) is 5.48. The first-order valence-electron chi connectivity index (χ1n) is 7.73. The molecule has 0 aliphatic rings. The molecule has 2 amide bonds. The molecular formula is C18H18N4O2. The largest absolute Gasteiger partial charge is 0.304 e. The Morgan fingerprint density at radius 1 is 1.04 bits per heavy atom. The van der Waals surface area contributed by atoms with Gasteiger partial charge in [0.15, 0.2) is 0 Å². The van der Waals surface area contributed by atoms with Crippen molar-refractivity contribution < 1.29 is 9.59 Å². The predicted octanol–water partition coefficient (Wildman–Crippen LogP) is 2.28. The molecule has 6 heteroatoms. The van der Waals surface area contributed by atoms with Gasteiger partial charge in [0.25, 0.3) is 11.8 Å². The topological polar surface area (TPSA) is 75.5 Å². The fourth-order valence-corrected chi connectivity index (χ4v) is 2.40. The predicted molar refractivity (Wildman–Crippen MR) is 90.7 cm³/mol. The van der Waals surface area contributed by atoms with Gasteiger partial charge in [-0.05, 0) is 43.2 Å². The minimum absolute atomic E-state index is 0.242. The van der Waals surface area contributed by atoms with Gasteiger partial charge >= 0.3 is 0 Å². The fraction of sp³-hybridized carbons (Fsp3) is 0.167. The first-order chi connectivity index (χ1) is 11.6. The highest BCUT2D eigenvalue weighted by Crippen LogP contribution is 2.08. The van der Waals surface area contributed by atoms with Crippen molar-refractivity contribution in [3.63, 3.8) is 0 Å². The summed E-state index contributed by atoms with van der Waals surface area (Å²) in [7, 11) is 0. The first kappa shape index (κ1) is 15.7. The van der Waals surface area contributed by atoms with Crippen molar-refractivity contribution in [3.05, 3.63) is 71.2 Å². The summed E-state index contributed by atoms with van der Waals surface area (Å²) in [6.07, 6.45) is 2.55. The number of imidazole rings is 1. The van der Waals surface area contributed by atoms with E-state index in [1.54, 1.807) is 18.3 Å². The Hall–Kier alpha value is -3.15. The van der Waals surface area contributed by atoms with E-state index >= 15 is 0 Å². The number of carbonyl (C=O) groups excluding carboxylic acids is 2. The molecule has 1 aromatic carbocycles. The SMILES string of the molecule is CCc1ccc(C(=O)NNC(=O)c2cn3c(C)cccc3n2)cc1. The van der Waals surface area contributed by atoms with Gasteiger partial charge in [-0.15, -0.1) is 0 Å². The second kappa shape index (κ2) is 6.54. The normalized spacial score (nSPS) is 10.6. The molecular weight excluding hydrogens is 304 g/mol. The molecule has 122 valence electrons. The van der Waals surface area contributed by atoms with Crippen LogP contribution in [-0.4, -0.2) is 21.2 Å². The Balaban J connectivity index is 1.67. The smallest absolute Gasteiger partial charge is 0.289 e. The number of hydrogen-bond acceptors (Lipinski definition) is 3. The molecule has 0 saturated carbocycles. The van der Waals surface area contributed by atoms with Crippen LogP contribution < -0.4 is 10.9 Å². The number of pyridine rings is 1. The minimum Gasteiger partial charge on any atom is -0.304 e. The van der Waals surface area contributed by atoms with Gasteiger partial charge in [-0.3, -0.25) is 20.4 Å². The van der Waals surface area contributed by atoms with Crippen LogP contribution in [0.15, 0.2) is 48.7 Å². The highest BCUT2D eigenvalue weighted by Gasteiger charge is 2.13. The lowest BCUT2D eigenvalue weighted by Gasteiger charge is -2.06. The number of rotatable bonds is 3. The lowest BCUT2D eigenvalue weighted by Crippen LogP contribution is -2.41. The standard InChI is InChI=1S/C18H18N4O2/c1-3-13-7-9-14(10-8-13)17(23)20-21-18(24)15-11-22-12(2)5-4-6-16(22)19-15/h4-11H,3H2,1-2H3,(H,20,23)(H,21,24). The van der Waals surface area contributed by atoms with Crippen molar-refractivity contribution in [3.8, 4) is 0 Å². The number of nitrogens with zero attached hydrogens (tertiary/aromatic N) is 2. The summed E-state index contributed by atoms with van der Waals surface area (Å²) in [5, 5.41) is 0. The fourth-order valence-electron chi connectivity index (χ4n) is 2.40. The summed E-state index contributed by atoms with van der Waals surface area (Å²) in [6.45, 7) is 3.98. The van der Waals surface area contributed by atoms with Crippen LogP contribution in [0.4, 0.5) is 0 Å². The molecule has 0 atom stereocenters. The number of aryl methyl sites for hydroxylation is 2. The molecule has 6 nitrogen and oxygen atoms in total. The van der Waals surface area contributed by atoms with Crippen LogP contribution in [-0.2, 0) is 6.42 Å². The highest BCUT2D eigenvalue weighted by atomic mass is 16.2. The number of fused-ring (bicyclic) bond motifs is 1. The third kappa shape index (κ3) is 3.12. The summed E-state index contributed by atoms with van der Waals surface area (Å²) < 4.78 is 1.82. The molecule has 3 aromatic rings. The summed E-state index contributed by atoms with van der Waals surface area (Å²) in [4.78, 5) is 28.5. The van der Waals surface area contributed by atoms with Crippen molar-refractivity contribution >= 4 is 17.5 Å². The number of hydrogen-bond donors (Lipinski definition) is 2. The molecule has 0 aliphatic carbocycles. The van der Waals surface area contributed by atoms with Crippen molar-refractivity contribution in [2.45, 2.75) is 20.3 Å². The quantitative estimate of drug-likeness (QED) is 0.726. The maximum absolute atomic E-state index is 12.2. The van der Waals surface area contributed by atoms with Gasteiger partial charge in [0.2, 0.25) is 0 Å². The maximum atomic E-state index is 12.2. The van der Waals surface area contributed by atoms with Crippen LogP contribution >= 0.6 is 0 Å². The van der Waals surface area contributed by atoms with Gasteiger partial charge < -0.3 is 4.40 Å². The van der Waals surface area contributed by atoms with Gasteiger partial charge in [0, 0.05) is 17.5 Å². The van der Waals surface area contributed by atoms with E-state index in [-0.39, 0.29) is 11.6 Å². The Kier molecular flexibility index (Phi) is 4.29. The summed E-state index contributed by atoms with van der Waals surface area (Å²) in [5.41, 5.74) is 8.33. The first-order valence-corrected chi connectivity index (χ1v) is 7.73. The van der Waals surface area contributed by atoms with E-state index in [2.05, 4.69) is 15.8 Å². The number of aromatic nitrogens is 2. The Labute approximate surface area is 139 Å². The van der Waals surface area contributed by atoms with E-state index in [1.165, 1.54) is 0 Å². The van der Waals surface area contributed by atoms with Crippen LogP contribution in [0, 0.1) is 6.92 Å². The van der Waals surface area contributed by atoms with Gasteiger partial charge in [0.05, 0.1) is 0 Å². The molecule has 0 unspecified atom stereocenters. The van der Waals surface area contributed by atoms with E-state index in [0.29, 0.717) is 11.2 Å². The number of carbonyl (C=O) groups is 2. The molecule has 0 aliphatic heterocycles. The van der Waals surface area contributed by atoms with Gasteiger partial charge in [-0.2, -0.15) is 0 Å². The van der Waals surface area contributed by atoms with Crippen molar-refractivity contribution in [1.82, 2.24) is 20.2 Å². The number of amides is 2. The molecule has 0 radical (unpaired) electrons. The average molecular weight is 322 g/mol. The van der Waals surface area contributed by atoms with Crippen molar-refractivity contribution in [2.75, 3.05) is 0 Å². The third-order valence-electron chi connectivity index (χ3n) is 3.84. The Morgan fingerprint density at radius 3 is 2.42 bits per heavy atom. The Morgan fingerprint density at radius 2 is 1.75 bits per heavy atom. The minimum atomic E-state index is -0.461. The summed E-state index contributed by atoms with van der Waals surface area (Å²) in [5.74, 6) is -0.831. The zero-order valence-electron chi connectivity index (χ0n) is 13.5. The van der Waals surface area contributed by atoms with Gasteiger partial charge in [0.1, 0.15) is 11.3 Å². The second-order valence-electron chi connectivity index (χ2n) is 5.48. The van der Waals surface area contributed by atoms with E-state index in [4.69, 9.17) is 0 Å². The lowest BCUT2D eigenvalue weighted by molar-refractivity contribution is 0.0844. The van der Waals surface area contributed by atoms with E-state index in [1.807, 2.05) is 48.6 Å². The van der Waals surface area contributed by atoms with Crippen LogP contribution in [0.25, 0.3) is 5.65 Å². The zero-order chi connectivity index (χ0) is 17.1. The van der Waals surface area contributed by atoms with Crippen molar-refractivity contribution in [2.24, 2.45) is 0 Å². The van der Waals surface area contributed by atoms with Gasteiger partial charge in [-0.1, -0.05) is 25.1 Å². The number of benzene rings is 1. The molecule has 0 saturated heterocycles. The highest BCUT2D eigenvalue weighted by molar-refractivity contribution is 5.98. The lowest BCUT2D eigenvalue weighted by atomic mass is 10.1.